The van der Waals surface area contributed by atoms with Gasteiger partial charge >= 0.3 is 0 Å². The number of carbonyl (C=O) groups excluding carboxylic acids is 2. The van der Waals surface area contributed by atoms with Crippen LogP contribution in [-0.4, -0.2) is 37.6 Å². The minimum absolute atomic E-state index is 0. The van der Waals surface area contributed by atoms with Gasteiger partial charge in [0.15, 0.2) is 0 Å². The molecule has 1 aliphatic heterocycles. The van der Waals surface area contributed by atoms with Gasteiger partial charge in [-0.2, -0.15) is 0 Å². The molecule has 0 radical (unpaired) electrons. The van der Waals surface area contributed by atoms with E-state index in [2.05, 4.69) is 10.6 Å². The number of nitrogens with one attached hydrogen (secondary N) is 2. The number of ether oxygens (including phenoxy) is 1. The van der Waals surface area contributed by atoms with E-state index in [4.69, 9.17) is 10.5 Å². The maximum absolute atomic E-state index is 11.8. The van der Waals surface area contributed by atoms with Crippen LogP contribution in [0.3, 0.4) is 0 Å². The van der Waals surface area contributed by atoms with Gasteiger partial charge in [-0.3, -0.25) is 9.59 Å². The van der Waals surface area contributed by atoms with Gasteiger partial charge in [-0.1, -0.05) is 12.1 Å². The van der Waals surface area contributed by atoms with E-state index in [0.717, 1.165) is 5.56 Å². The second-order valence-electron chi connectivity index (χ2n) is 4.36. The summed E-state index contributed by atoms with van der Waals surface area (Å²) in [7, 11) is 0. The molecule has 0 aromatic heterocycles. The van der Waals surface area contributed by atoms with Crippen molar-refractivity contribution in [2.24, 2.45) is 5.73 Å². The number of amides is 2. The number of rotatable bonds is 4. The van der Waals surface area contributed by atoms with Gasteiger partial charge in [0.2, 0.25) is 11.8 Å². The van der Waals surface area contributed by atoms with Crippen molar-refractivity contribution in [2.75, 3.05) is 19.8 Å². The summed E-state index contributed by atoms with van der Waals surface area (Å²) in [6.45, 7) is 2.05. The largest absolute Gasteiger partial charge is 0.378 e. The Labute approximate surface area is 123 Å². The third-order valence-electron chi connectivity index (χ3n) is 2.92. The van der Waals surface area contributed by atoms with E-state index in [1.807, 2.05) is 6.07 Å². The van der Waals surface area contributed by atoms with E-state index < -0.39 is 5.91 Å². The maximum atomic E-state index is 11.8. The van der Waals surface area contributed by atoms with Crippen LogP contribution >= 0.6 is 12.4 Å². The third kappa shape index (κ3) is 4.48. The van der Waals surface area contributed by atoms with Crippen LogP contribution in [0.5, 0.6) is 0 Å². The zero-order valence-electron chi connectivity index (χ0n) is 10.9. The lowest BCUT2D eigenvalue weighted by Gasteiger charge is -2.22. The Kier molecular flexibility index (Phi) is 6.44. The van der Waals surface area contributed by atoms with Gasteiger partial charge in [-0.05, 0) is 17.7 Å². The molecule has 110 valence electrons. The van der Waals surface area contributed by atoms with Crippen molar-refractivity contribution in [3.63, 3.8) is 0 Å². The van der Waals surface area contributed by atoms with Gasteiger partial charge in [0, 0.05) is 18.7 Å². The van der Waals surface area contributed by atoms with Crippen LogP contribution in [-0.2, 0) is 16.1 Å². The van der Waals surface area contributed by atoms with Crippen molar-refractivity contribution < 1.29 is 14.3 Å². The number of halogens is 1. The normalized spacial score (nSPS) is 17.9. The fraction of sp³-hybridized carbons (Fsp3) is 0.385. The molecule has 2 amide bonds. The SMILES string of the molecule is Cl.NC(=O)c1cccc(CNC(=O)C2COCCN2)c1. The van der Waals surface area contributed by atoms with Gasteiger partial charge in [-0.15, -0.1) is 12.4 Å². The Hall–Kier alpha value is -1.63. The van der Waals surface area contributed by atoms with Crippen LogP contribution in [0.2, 0.25) is 0 Å². The lowest BCUT2D eigenvalue weighted by atomic mass is 10.1. The summed E-state index contributed by atoms with van der Waals surface area (Å²) in [4.78, 5) is 22.9. The first-order chi connectivity index (χ1) is 9.16. The standard InChI is InChI=1S/C13H17N3O3.ClH/c14-12(17)10-3-1-2-9(6-10)7-16-13(18)11-8-19-5-4-15-11;/h1-3,6,11,15H,4-5,7-8H2,(H2,14,17)(H,16,18);1H. The van der Waals surface area contributed by atoms with Crippen LogP contribution in [0.25, 0.3) is 0 Å². The number of morpholine rings is 1. The second kappa shape index (κ2) is 7.84. The van der Waals surface area contributed by atoms with Crippen LogP contribution in [0.4, 0.5) is 0 Å². The molecular formula is C13H18ClN3O3. The highest BCUT2D eigenvalue weighted by atomic mass is 35.5. The highest BCUT2D eigenvalue weighted by Gasteiger charge is 2.20. The molecule has 0 bridgehead atoms. The molecule has 1 heterocycles. The number of carbonyl (C=O) groups is 2. The molecule has 1 aliphatic rings. The molecule has 1 fully saturated rings. The van der Waals surface area contributed by atoms with Gasteiger partial charge in [0.05, 0.1) is 13.2 Å². The molecular weight excluding hydrogens is 282 g/mol. The Morgan fingerprint density at radius 2 is 2.25 bits per heavy atom. The first-order valence-corrected chi connectivity index (χ1v) is 6.14. The van der Waals surface area contributed by atoms with E-state index in [0.29, 0.717) is 31.9 Å². The topological polar surface area (TPSA) is 93.5 Å². The Morgan fingerprint density at radius 3 is 2.90 bits per heavy atom. The third-order valence-corrected chi connectivity index (χ3v) is 2.92. The molecule has 2 rings (SSSR count). The van der Waals surface area contributed by atoms with Crippen molar-refractivity contribution in [2.45, 2.75) is 12.6 Å². The quantitative estimate of drug-likeness (QED) is 0.718. The predicted octanol–water partition coefficient (Wildman–Crippen LogP) is -0.188. The highest BCUT2D eigenvalue weighted by Crippen LogP contribution is 2.04. The minimum atomic E-state index is -0.476. The lowest BCUT2D eigenvalue weighted by Crippen LogP contribution is -2.51. The lowest BCUT2D eigenvalue weighted by molar-refractivity contribution is -0.126. The summed E-state index contributed by atoms with van der Waals surface area (Å²) < 4.78 is 5.22. The first kappa shape index (κ1) is 16.4. The van der Waals surface area contributed by atoms with Crippen molar-refractivity contribution in [1.82, 2.24) is 10.6 Å². The molecule has 7 heteroatoms. The predicted molar refractivity (Wildman–Crippen MR) is 76.7 cm³/mol. The van der Waals surface area contributed by atoms with E-state index in [1.54, 1.807) is 18.2 Å². The van der Waals surface area contributed by atoms with E-state index in [-0.39, 0.29) is 24.4 Å². The maximum Gasteiger partial charge on any atom is 0.248 e. The van der Waals surface area contributed by atoms with Crippen molar-refractivity contribution in [3.8, 4) is 0 Å². The summed E-state index contributed by atoms with van der Waals surface area (Å²) in [6.07, 6.45) is 0. The molecule has 4 N–H and O–H groups in total. The summed E-state index contributed by atoms with van der Waals surface area (Å²) >= 11 is 0. The first-order valence-electron chi connectivity index (χ1n) is 6.14. The molecule has 6 nitrogen and oxygen atoms in total. The molecule has 0 aliphatic carbocycles. The number of benzene rings is 1. The molecule has 1 unspecified atom stereocenters. The van der Waals surface area contributed by atoms with Gasteiger partial charge in [0.25, 0.3) is 0 Å². The summed E-state index contributed by atoms with van der Waals surface area (Å²) in [5, 5.41) is 5.87. The van der Waals surface area contributed by atoms with E-state index in [9.17, 15) is 9.59 Å². The average molecular weight is 300 g/mol. The van der Waals surface area contributed by atoms with Crippen molar-refractivity contribution in [1.29, 1.82) is 0 Å². The zero-order valence-corrected chi connectivity index (χ0v) is 11.7. The number of hydrogen-bond acceptors (Lipinski definition) is 4. The number of hydrogen-bond donors (Lipinski definition) is 3. The molecule has 1 aromatic carbocycles. The summed E-state index contributed by atoms with van der Waals surface area (Å²) in [5.41, 5.74) is 6.47. The highest BCUT2D eigenvalue weighted by molar-refractivity contribution is 5.92. The molecule has 0 spiro atoms. The second-order valence-corrected chi connectivity index (χ2v) is 4.36. The molecule has 1 saturated heterocycles. The van der Waals surface area contributed by atoms with E-state index in [1.165, 1.54) is 0 Å². The Balaban J connectivity index is 0.00000200. The Morgan fingerprint density at radius 1 is 1.45 bits per heavy atom. The summed E-state index contributed by atoms with van der Waals surface area (Å²) in [5.74, 6) is -0.584. The van der Waals surface area contributed by atoms with Crippen LogP contribution < -0.4 is 16.4 Å². The Bertz CT molecular complexity index is 476. The molecule has 0 saturated carbocycles. The zero-order chi connectivity index (χ0) is 13.7. The summed E-state index contributed by atoms with van der Waals surface area (Å²) in [6, 6.07) is 6.58. The average Bonchev–Trinajstić information content (AvgIpc) is 2.46. The van der Waals surface area contributed by atoms with Crippen LogP contribution in [0, 0.1) is 0 Å². The van der Waals surface area contributed by atoms with E-state index >= 15 is 0 Å². The van der Waals surface area contributed by atoms with Crippen molar-refractivity contribution >= 4 is 24.2 Å². The van der Waals surface area contributed by atoms with Crippen LogP contribution in [0.15, 0.2) is 24.3 Å². The van der Waals surface area contributed by atoms with Gasteiger partial charge < -0.3 is 21.1 Å². The minimum Gasteiger partial charge on any atom is -0.378 e. The van der Waals surface area contributed by atoms with Crippen LogP contribution in [0.1, 0.15) is 15.9 Å². The van der Waals surface area contributed by atoms with Gasteiger partial charge in [-0.25, -0.2) is 0 Å². The monoisotopic (exact) mass is 299 g/mol. The number of nitrogens with two attached hydrogens (primary N) is 1. The fourth-order valence-electron chi connectivity index (χ4n) is 1.88. The fourth-order valence-corrected chi connectivity index (χ4v) is 1.88. The van der Waals surface area contributed by atoms with Gasteiger partial charge in [0.1, 0.15) is 6.04 Å². The molecule has 20 heavy (non-hydrogen) atoms. The molecule has 1 aromatic rings. The smallest absolute Gasteiger partial charge is 0.248 e. The molecule has 1 atom stereocenters. The number of primary amides is 1. The van der Waals surface area contributed by atoms with Crippen molar-refractivity contribution in [3.05, 3.63) is 35.4 Å².